The number of nitrogens with zero attached hydrogens (tertiary/aromatic N) is 4. The van der Waals surface area contributed by atoms with Gasteiger partial charge in [-0.3, -0.25) is 19.3 Å². The first-order valence-electron chi connectivity index (χ1n) is 10.9. The van der Waals surface area contributed by atoms with Gasteiger partial charge >= 0.3 is 12.1 Å². The van der Waals surface area contributed by atoms with Crippen LogP contribution in [0, 0.1) is 6.92 Å². The van der Waals surface area contributed by atoms with Crippen LogP contribution in [-0.2, 0) is 19.0 Å². The van der Waals surface area contributed by atoms with Gasteiger partial charge in [0.05, 0.1) is 23.7 Å². The summed E-state index contributed by atoms with van der Waals surface area (Å²) in [6, 6.07) is 9.23. The molecule has 4 rings (SSSR count). The number of fused-ring (bicyclic) bond motifs is 3. The summed E-state index contributed by atoms with van der Waals surface area (Å²) in [5, 5.41) is 0. The molecule has 35 heavy (non-hydrogen) atoms. The fourth-order valence-corrected chi connectivity index (χ4v) is 4.40. The van der Waals surface area contributed by atoms with Crippen molar-refractivity contribution in [1.82, 2.24) is 14.5 Å². The van der Waals surface area contributed by atoms with Gasteiger partial charge in [-0.2, -0.15) is 0 Å². The molecule has 0 amide bonds. The number of carbonyl (C=O) groups excluding carboxylic acids is 2. The van der Waals surface area contributed by atoms with Crippen molar-refractivity contribution in [3.63, 3.8) is 0 Å². The third kappa shape index (κ3) is 5.62. The van der Waals surface area contributed by atoms with Gasteiger partial charge in [-0.05, 0) is 76.4 Å². The second-order valence-electron chi connectivity index (χ2n) is 7.59. The van der Waals surface area contributed by atoms with Crippen LogP contribution in [0.1, 0.15) is 48.6 Å². The molecule has 11 heteroatoms. The van der Waals surface area contributed by atoms with Crippen LogP contribution in [0.15, 0.2) is 56.7 Å². The predicted octanol–water partition coefficient (Wildman–Crippen LogP) is 5.45. The first-order chi connectivity index (χ1) is 16.9. The quantitative estimate of drug-likeness (QED) is 0.261. The number of hydrogen-bond donors (Lipinski definition) is 0. The summed E-state index contributed by atoms with van der Waals surface area (Å²) in [5.74, 6) is 0.186. The van der Waals surface area contributed by atoms with Gasteiger partial charge in [0.1, 0.15) is 11.9 Å². The number of benzene rings is 1. The molecule has 0 bridgehead atoms. The summed E-state index contributed by atoms with van der Waals surface area (Å²) in [5.41, 5.74) is 4.13. The Bertz CT molecular complexity index is 1280. The number of aliphatic imine (C=N–C) groups is 1. The van der Waals surface area contributed by atoms with Crippen LogP contribution in [0.5, 0.6) is 0 Å². The fourth-order valence-electron chi connectivity index (χ4n) is 3.73. The van der Waals surface area contributed by atoms with E-state index in [-0.39, 0.29) is 13.0 Å². The molecule has 2 aromatic heterocycles. The lowest BCUT2D eigenvalue weighted by atomic mass is 10.0. The lowest BCUT2D eigenvalue weighted by molar-refractivity contribution is -0.153. The maximum absolute atomic E-state index is 12.3. The van der Waals surface area contributed by atoms with Gasteiger partial charge < -0.3 is 14.2 Å². The average Bonchev–Trinajstić information content (AvgIpc) is 3.16. The number of halogens is 2. The molecule has 3 heterocycles. The van der Waals surface area contributed by atoms with E-state index in [4.69, 9.17) is 14.5 Å². The lowest BCUT2D eigenvalue weighted by Crippen LogP contribution is -2.15. The van der Waals surface area contributed by atoms with E-state index in [1.165, 1.54) is 0 Å². The van der Waals surface area contributed by atoms with E-state index in [0.29, 0.717) is 23.7 Å². The van der Waals surface area contributed by atoms with Crippen molar-refractivity contribution in [3.8, 4) is 5.69 Å². The number of ether oxygens (including phenoxy) is 3. The highest BCUT2D eigenvalue weighted by Crippen LogP contribution is 2.37. The van der Waals surface area contributed by atoms with E-state index in [1.807, 2.05) is 41.8 Å². The Morgan fingerprint density at radius 1 is 1.09 bits per heavy atom. The molecule has 1 aromatic carbocycles. The standard InChI is InChI=1S/C24H22Br2N4O5/c1-3-33-24(32)35-13-34-21(31)8-7-19-23-28-12-14(2)30(23)20-11-17(26)16(25)10-15(20)22(29-19)18-6-4-5-9-27-18/h4-6,9-12,19H,3,7-8,13H2,1-2H3/t19-/m0/s1. The molecule has 0 saturated carbocycles. The molecule has 9 nitrogen and oxygen atoms in total. The molecule has 182 valence electrons. The number of esters is 1. The predicted molar refractivity (Wildman–Crippen MR) is 135 cm³/mol. The van der Waals surface area contributed by atoms with Gasteiger partial charge in [-0.25, -0.2) is 9.78 Å². The van der Waals surface area contributed by atoms with Crippen molar-refractivity contribution in [2.45, 2.75) is 32.7 Å². The van der Waals surface area contributed by atoms with Crippen molar-refractivity contribution in [2.75, 3.05) is 13.4 Å². The van der Waals surface area contributed by atoms with Gasteiger partial charge in [0.25, 0.3) is 0 Å². The van der Waals surface area contributed by atoms with Gasteiger partial charge in [-0.15, -0.1) is 0 Å². The van der Waals surface area contributed by atoms with Crippen molar-refractivity contribution in [2.24, 2.45) is 4.99 Å². The second-order valence-corrected chi connectivity index (χ2v) is 9.29. The molecule has 0 radical (unpaired) electrons. The second kappa shape index (κ2) is 11.1. The highest BCUT2D eigenvalue weighted by Gasteiger charge is 2.29. The smallest absolute Gasteiger partial charge is 0.435 e. The molecule has 1 aliphatic rings. The van der Waals surface area contributed by atoms with Crippen LogP contribution in [0.4, 0.5) is 4.79 Å². The summed E-state index contributed by atoms with van der Waals surface area (Å²) in [6.45, 7) is 3.29. The topological polar surface area (TPSA) is 105 Å². The van der Waals surface area contributed by atoms with Crippen LogP contribution < -0.4 is 0 Å². The van der Waals surface area contributed by atoms with Gasteiger partial charge in [0.2, 0.25) is 6.79 Å². The average molecular weight is 606 g/mol. The van der Waals surface area contributed by atoms with Crippen LogP contribution in [0.2, 0.25) is 0 Å². The molecule has 0 N–H and O–H groups in total. The van der Waals surface area contributed by atoms with E-state index >= 15 is 0 Å². The van der Waals surface area contributed by atoms with E-state index < -0.39 is 25.0 Å². The zero-order chi connectivity index (χ0) is 24.9. The SMILES string of the molecule is CCOC(=O)OCOC(=O)CC[C@@H]1N=C(c2ccccn2)c2cc(Br)c(Br)cc2-n2c(C)cnc21. The van der Waals surface area contributed by atoms with Crippen LogP contribution >= 0.6 is 31.9 Å². The molecular weight excluding hydrogens is 584 g/mol. The molecule has 1 atom stereocenters. The molecule has 0 spiro atoms. The molecule has 0 fully saturated rings. The molecule has 3 aromatic rings. The number of hydrogen-bond acceptors (Lipinski definition) is 8. The summed E-state index contributed by atoms with van der Waals surface area (Å²) in [4.78, 5) is 37.8. The van der Waals surface area contributed by atoms with Gasteiger partial charge in [0, 0.05) is 39.0 Å². The number of rotatable bonds is 7. The largest absolute Gasteiger partial charge is 0.511 e. The Morgan fingerprint density at radius 2 is 1.89 bits per heavy atom. The minimum absolute atomic E-state index is 0.0471. The van der Waals surface area contributed by atoms with Crippen LogP contribution in [0.3, 0.4) is 0 Å². The third-order valence-electron chi connectivity index (χ3n) is 5.27. The molecular formula is C24H22Br2N4O5. The van der Waals surface area contributed by atoms with Crippen molar-refractivity contribution >= 4 is 49.7 Å². The third-order valence-corrected chi connectivity index (χ3v) is 7.12. The Balaban J connectivity index is 1.66. The molecule has 0 saturated heterocycles. The van der Waals surface area contributed by atoms with Crippen molar-refractivity contribution in [3.05, 3.63) is 74.4 Å². The Morgan fingerprint density at radius 3 is 2.63 bits per heavy atom. The maximum atomic E-state index is 12.3. The fraction of sp³-hybridized carbons (Fsp3) is 0.292. The van der Waals surface area contributed by atoms with E-state index in [1.54, 1.807) is 19.3 Å². The van der Waals surface area contributed by atoms with Crippen LogP contribution in [0.25, 0.3) is 5.69 Å². The number of imidazole rings is 1. The zero-order valence-electron chi connectivity index (χ0n) is 19.0. The highest BCUT2D eigenvalue weighted by molar-refractivity contribution is 9.13. The molecule has 0 unspecified atom stereocenters. The number of aryl methyl sites for hydroxylation is 1. The van der Waals surface area contributed by atoms with Crippen molar-refractivity contribution in [1.29, 1.82) is 0 Å². The summed E-state index contributed by atoms with van der Waals surface area (Å²) < 4.78 is 18.2. The maximum Gasteiger partial charge on any atom is 0.511 e. The van der Waals surface area contributed by atoms with Gasteiger partial charge in [0.15, 0.2) is 0 Å². The molecule has 0 aliphatic carbocycles. The first kappa shape index (κ1) is 25.1. The zero-order valence-corrected chi connectivity index (χ0v) is 22.2. The normalized spacial score (nSPS) is 14.3. The van der Waals surface area contributed by atoms with Crippen molar-refractivity contribution < 1.29 is 23.8 Å². The number of aromatic nitrogens is 3. The minimum Gasteiger partial charge on any atom is -0.435 e. The van der Waals surface area contributed by atoms with E-state index in [9.17, 15) is 9.59 Å². The summed E-state index contributed by atoms with van der Waals surface area (Å²) >= 11 is 7.21. The van der Waals surface area contributed by atoms with E-state index in [2.05, 4.69) is 46.6 Å². The van der Waals surface area contributed by atoms with Crippen LogP contribution in [-0.4, -0.2) is 45.8 Å². The molecule has 1 aliphatic heterocycles. The minimum atomic E-state index is -0.888. The van der Waals surface area contributed by atoms with E-state index in [0.717, 1.165) is 25.9 Å². The summed E-state index contributed by atoms with van der Waals surface area (Å²) in [6.07, 6.45) is 3.00. The monoisotopic (exact) mass is 604 g/mol. The Labute approximate surface area is 218 Å². The first-order valence-corrected chi connectivity index (χ1v) is 12.5. The Kier molecular flexibility index (Phi) is 7.97. The Hall–Kier alpha value is -3.05. The van der Waals surface area contributed by atoms with Gasteiger partial charge in [-0.1, -0.05) is 6.07 Å². The number of pyridine rings is 1. The number of carbonyl (C=O) groups is 2. The lowest BCUT2D eigenvalue weighted by Gasteiger charge is -2.15. The highest BCUT2D eigenvalue weighted by atomic mass is 79.9. The summed E-state index contributed by atoms with van der Waals surface area (Å²) in [7, 11) is 0.